The smallest absolute Gasteiger partial charge is 0.272 e. The monoisotopic (exact) mass is 285 g/mol. The van der Waals surface area contributed by atoms with Crippen molar-refractivity contribution in [1.82, 2.24) is 0 Å². The van der Waals surface area contributed by atoms with Crippen LogP contribution in [0.2, 0.25) is 5.02 Å². The number of ether oxygens (including phenoxy) is 2. The molecule has 0 N–H and O–H groups in total. The van der Waals surface area contributed by atoms with Gasteiger partial charge >= 0.3 is 0 Å². The zero-order valence-corrected chi connectivity index (χ0v) is 11.5. The molecule has 1 atom stereocenters. The van der Waals surface area contributed by atoms with Gasteiger partial charge in [0.1, 0.15) is 0 Å². The van der Waals surface area contributed by atoms with Crippen LogP contribution >= 0.6 is 11.6 Å². The van der Waals surface area contributed by atoms with Gasteiger partial charge in [0.15, 0.2) is 6.29 Å². The third kappa shape index (κ3) is 3.65. The molecule has 0 saturated carbocycles. The molecule has 0 aromatic heterocycles. The molecule has 1 unspecified atom stereocenters. The maximum Gasteiger partial charge on any atom is 0.272 e. The fourth-order valence-electron chi connectivity index (χ4n) is 2.04. The van der Waals surface area contributed by atoms with E-state index in [-0.39, 0.29) is 18.6 Å². The SMILES string of the molecule is Cc1cc(Cl)c(COC2CCCCO2)cc1[N+](=O)[O-]. The largest absolute Gasteiger partial charge is 0.353 e. The van der Waals surface area contributed by atoms with Crippen molar-refractivity contribution in [3.63, 3.8) is 0 Å². The number of hydrogen-bond acceptors (Lipinski definition) is 4. The molecule has 104 valence electrons. The van der Waals surface area contributed by atoms with Crippen molar-refractivity contribution in [2.75, 3.05) is 6.61 Å². The lowest BCUT2D eigenvalue weighted by molar-refractivity contribution is -0.385. The second kappa shape index (κ2) is 6.32. The van der Waals surface area contributed by atoms with Crippen LogP contribution in [0.4, 0.5) is 5.69 Å². The number of nitro groups is 1. The summed E-state index contributed by atoms with van der Waals surface area (Å²) in [6, 6.07) is 3.07. The molecule has 0 aliphatic carbocycles. The van der Waals surface area contributed by atoms with Gasteiger partial charge in [-0.25, -0.2) is 0 Å². The first-order chi connectivity index (χ1) is 9.08. The Kier molecular flexibility index (Phi) is 4.74. The third-order valence-electron chi connectivity index (χ3n) is 3.12. The van der Waals surface area contributed by atoms with Crippen molar-refractivity contribution < 1.29 is 14.4 Å². The number of nitrogens with zero attached hydrogens (tertiary/aromatic N) is 1. The summed E-state index contributed by atoms with van der Waals surface area (Å²) in [4.78, 5) is 10.5. The van der Waals surface area contributed by atoms with Gasteiger partial charge in [0, 0.05) is 28.8 Å². The predicted octanol–water partition coefficient (Wildman–Crippen LogP) is 3.60. The highest BCUT2D eigenvalue weighted by molar-refractivity contribution is 6.31. The quantitative estimate of drug-likeness (QED) is 0.626. The number of benzene rings is 1. The maximum atomic E-state index is 10.9. The Morgan fingerprint density at radius 3 is 2.95 bits per heavy atom. The van der Waals surface area contributed by atoms with Crippen molar-refractivity contribution in [3.8, 4) is 0 Å². The van der Waals surface area contributed by atoms with Gasteiger partial charge in [0.25, 0.3) is 5.69 Å². The van der Waals surface area contributed by atoms with Gasteiger partial charge in [-0.1, -0.05) is 11.6 Å². The third-order valence-corrected chi connectivity index (χ3v) is 3.48. The zero-order chi connectivity index (χ0) is 13.8. The second-order valence-electron chi connectivity index (χ2n) is 4.59. The van der Waals surface area contributed by atoms with Crippen LogP contribution in [0, 0.1) is 17.0 Å². The van der Waals surface area contributed by atoms with E-state index in [9.17, 15) is 10.1 Å². The lowest BCUT2D eigenvalue weighted by Gasteiger charge is -2.22. The summed E-state index contributed by atoms with van der Waals surface area (Å²) in [5, 5.41) is 11.4. The number of rotatable bonds is 4. The van der Waals surface area contributed by atoms with Crippen molar-refractivity contribution in [1.29, 1.82) is 0 Å². The number of aryl methyl sites for hydroxylation is 1. The zero-order valence-electron chi connectivity index (χ0n) is 10.7. The van der Waals surface area contributed by atoms with Gasteiger partial charge in [-0.2, -0.15) is 0 Å². The topological polar surface area (TPSA) is 61.6 Å². The highest BCUT2D eigenvalue weighted by atomic mass is 35.5. The molecule has 1 aromatic carbocycles. The Balaban J connectivity index is 2.06. The average Bonchev–Trinajstić information content (AvgIpc) is 2.38. The molecule has 1 heterocycles. The molecule has 1 saturated heterocycles. The van der Waals surface area contributed by atoms with Gasteiger partial charge < -0.3 is 9.47 Å². The Labute approximate surface area is 116 Å². The van der Waals surface area contributed by atoms with Crippen LogP contribution in [-0.2, 0) is 16.1 Å². The molecular formula is C13H16ClNO4. The fourth-order valence-corrected chi connectivity index (χ4v) is 2.31. The van der Waals surface area contributed by atoms with Crippen molar-refractivity contribution >= 4 is 17.3 Å². The van der Waals surface area contributed by atoms with Crippen molar-refractivity contribution in [3.05, 3.63) is 38.4 Å². The summed E-state index contributed by atoms with van der Waals surface area (Å²) < 4.78 is 11.0. The minimum absolute atomic E-state index is 0.0626. The minimum Gasteiger partial charge on any atom is -0.353 e. The summed E-state index contributed by atoms with van der Waals surface area (Å²) in [5.74, 6) is 0. The van der Waals surface area contributed by atoms with Crippen LogP contribution in [0.3, 0.4) is 0 Å². The molecule has 1 aliphatic rings. The molecule has 0 radical (unpaired) electrons. The molecule has 0 amide bonds. The molecule has 19 heavy (non-hydrogen) atoms. The Hall–Kier alpha value is -1.17. The molecular weight excluding hydrogens is 270 g/mol. The molecule has 0 spiro atoms. The standard InChI is InChI=1S/C13H16ClNO4/c1-9-6-11(14)10(7-12(9)15(16)17)8-19-13-4-2-3-5-18-13/h6-7,13H,2-5,8H2,1H3. The molecule has 5 nitrogen and oxygen atoms in total. The van der Waals surface area contributed by atoms with E-state index in [0.717, 1.165) is 19.3 Å². The van der Waals surface area contributed by atoms with Crippen LogP contribution in [0.5, 0.6) is 0 Å². The van der Waals surface area contributed by atoms with E-state index < -0.39 is 4.92 Å². The van der Waals surface area contributed by atoms with E-state index in [2.05, 4.69) is 0 Å². The Morgan fingerprint density at radius 1 is 1.53 bits per heavy atom. The van der Waals surface area contributed by atoms with Crippen LogP contribution in [-0.4, -0.2) is 17.8 Å². The van der Waals surface area contributed by atoms with E-state index >= 15 is 0 Å². The molecule has 2 rings (SSSR count). The molecule has 1 aliphatic heterocycles. The van der Waals surface area contributed by atoms with Gasteiger partial charge in [-0.05, 0) is 32.3 Å². The predicted molar refractivity (Wildman–Crippen MR) is 71.2 cm³/mol. The number of nitro benzene ring substituents is 1. The molecule has 1 fully saturated rings. The van der Waals surface area contributed by atoms with Gasteiger partial charge in [-0.3, -0.25) is 10.1 Å². The van der Waals surface area contributed by atoms with E-state index in [1.165, 1.54) is 6.07 Å². The maximum absolute atomic E-state index is 10.9. The summed E-state index contributed by atoms with van der Waals surface area (Å²) in [7, 11) is 0. The minimum atomic E-state index is -0.410. The van der Waals surface area contributed by atoms with Gasteiger partial charge in [0.2, 0.25) is 0 Å². The summed E-state index contributed by atoms with van der Waals surface area (Å²) in [5.41, 5.74) is 1.23. The Bertz CT molecular complexity index is 472. The van der Waals surface area contributed by atoms with Crippen LogP contribution in [0.15, 0.2) is 12.1 Å². The Morgan fingerprint density at radius 2 is 2.32 bits per heavy atom. The number of halogens is 1. The van der Waals surface area contributed by atoms with E-state index in [1.54, 1.807) is 13.0 Å². The van der Waals surface area contributed by atoms with Crippen LogP contribution in [0.1, 0.15) is 30.4 Å². The van der Waals surface area contributed by atoms with Crippen molar-refractivity contribution in [2.45, 2.75) is 39.1 Å². The first-order valence-electron chi connectivity index (χ1n) is 6.24. The van der Waals surface area contributed by atoms with Crippen molar-refractivity contribution in [2.24, 2.45) is 0 Å². The fraction of sp³-hybridized carbons (Fsp3) is 0.538. The van der Waals surface area contributed by atoms with E-state index in [4.69, 9.17) is 21.1 Å². The number of hydrogen-bond donors (Lipinski definition) is 0. The summed E-state index contributed by atoms with van der Waals surface area (Å²) >= 11 is 6.08. The first-order valence-corrected chi connectivity index (χ1v) is 6.62. The highest BCUT2D eigenvalue weighted by Crippen LogP contribution is 2.27. The first kappa shape index (κ1) is 14.2. The van der Waals surface area contributed by atoms with E-state index in [0.29, 0.717) is 22.8 Å². The van der Waals surface area contributed by atoms with Gasteiger partial charge in [-0.15, -0.1) is 0 Å². The summed E-state index contributed by atoms with van der Waals surface area (Å²) in [6.07, 6.45) is 2.75. The molecule has 6 heteroatoms. The summed E-state index contributed by atoms with van der Waals surface area (Å²) in [6.45, 7) is 2.59. The van der Waals surface area contributed by atoms with E-state index in [1.807, 2.05) is 0 Å². The van der Waals surface area contributed by atoms with Crippen LogP contribution < -0.4 is 0 Å². The molecule has 1 aromatic rings. The molecule has 0 bridgehead atoms. The lowest BCUT2D eigenvalue weighted by atomic mass is 10.1. The normalized spacial score (nSPS) is 19.4. The average molecular weight is 286 g/mol. The lowest BCUT2D eigenvalue weighted by Crippen LogP contribution is -2.22. The second-order valence-corrected chi connectivity index (χ2v) is 5.00. The highest BCUT2D eigenvalue weighted by Gasteiger charge is 2.18. The van der Waals surface area contributed by atoms with Crippen LogP contribution in [0.25, 0.3) is 0 Å². The van der Waals surface area contributed by atoms with Gasteiger partial charge in [0.05, 0.1) is 11.5 Å².